The first-order valence-corrected chi connectivity index (χ1v) is 9.41. The van der Waals surface area contributed by atoms with Gasteiger partial charge in [0.1, 0.15) is 5.82 Å². The van der Waals surface area contributed by atoms with Gasteiger partial charge in [-0.15, -0.1) is 0 Å². The number of hydrogen-bond donors (Lipinski definition) is 1. The maximum atomic E-state index is 12.5. The molecule has 1 N–H and O–H groups in total. The minimum Gasteiger partial charge on any atom is -0.381 e. The predicted molar refractivity (Wildman–Crippen MR) is 101 cm³/mol. The number of anilines is 1. The molecule has 0 unspecified atom stereocenters. The molecule has 1 aromatic heterocycles. The Bertz CT molecular complexity index is 629. The number of aromatic nitrogens is 1. The lowest BCUT2D eigenvalue weighted by Gasteiger charge is -2.43. The van der Waals surface area contributed by atoms with E-state index in [2.05, 4.69) is 29.3 Å². The lowest BCUT2D eigenvalue weighted by Crippen LogP contribution is -2.53. The summed E-state index contributed by atoms with van der Waals surface area (Å²) in [6, 6.07) is 1.70. The number of ether oxygens (including phenoxy) is 2. The number of halogens is 1. The average molecular weight is 383 g/mol. The Labute approximate surface area is 159 Å². The molecule has 26 heavy (non-hydrogen) atoms. The van der Waals surface area contributed by atoms with Crippen LogP contribution in [0.2, 0.25) is 5.02 Å². The zero-order valence-electron chi connectivity index (χ0n) is 15.5. The highest BCUT2D eigenvalue weighted by Crippen LogP contribution is 2.28. The summed E-state index contributed by atoms with van der Waals surface area (Å²) < 4.78 is 10.8. The first-order valence-electron chi connectivity index (χ1n) is 9.03. The van der Waals surface area contributed by atoms with Gasteiger partial charge in [0.05, 0.1) is 23.8 Å². The molecule has 1 amide bonds. The van der Waals surface area contributed by atoms with E-state index in [9.17, 15) is 4.79 Å². The monoisotopic (exact) mass is 382 g/mol. The molecule has 0 radical (unpaired) electrons. The molecule has 0 aromatic carbocycles. The van der Waals surface area contributed by atoms with E-state index in [1.54, 1.807) is 17.2 Å². The predicted octanol–water partition coefficient (Wildman–Crippen LogP) is 1.73. The van der Waals surface area contributed by atoms with Crippen molar-refractivity contribution in [1.82, 2.24) is 14.8 Å². The number of nitrogens with one attached hydrogen (secondary N) is 1. The second-order valence-corrected chi connectivity index (χ2v) is 7.45. The molecular weight excluding hydrogens is 356 g/mol. The van der Waals surface area contributed by atoms with Crippen molar-refractivity contribution in [3.63, 3.8) is 0 Å². The minimum atomic E-state index is -0.0524. The van der Waals surface area contributed by atoms with Crippen molar-refractivity contribution >= 4 is 23.3 Å². The van der Waals surface area contributed by atoms with Crippen LogP contribution in [-0.4, -0.2) is 86.4 Å². The van der Waals surface area contributed by atoms with E-state index in [-0.39, 0.29) is 11.4 Å². The molecule has 0 aliphatic carbocycles. The van der Waals surface area contributed by atoms with Crippen LogP contribution >= 0.6 is 11.6 Å². The van der Waals surface area contributed by atoms with Gasteiger partial charge in [-0.2, -0.15) is 0 Å². The number of morpholine rings is 1. The maximum absolute atomic E-state index is 12.5. The topological polar surface area (TPSA) is 66.9 Å². The van der Waals surface area contributed by atoms with Crippen molar-refractivity contribution in [3.8, 4) is 0 Å². The Morgan fingerprint density at radius 1 is 1.27 bits per heavy atom. The Balaban J connectivity index is 1.66. The van der Waals surface area contributed by atoms with Crippen LogP contribution in [0, 0.1) is 0 Å². The number of carbonyl (C=O) groups is 1. The number of amides is 1. The zero-order valence-corrected chi connectivity index (χ0v) is 16.2. The summed E-state index contributed by atoms with van der Waals surface area (Å²) in [6.45, 7) is 4.59. The quantitative estimate of drug-likeness (QED) is 0.836. The number of likely N-dealkylation sites (N-methyl/N-ethyl adjacent to an activating group) is 1. The number of rotatable bonds is 5. The molecule has 8 heteroatoms. The third kappa shape index (κ3) is 4.28. The van der Waals surface area contributed by atoms with Gasteiger partial charge in [0.15, 0.2) is 0 Å². The SMILES string of the molecule is CN(C)C1(CNc2ncc(C(=O)N3CCOCC3)cc2Cl)CCOCC1. The van der Waals surface area contributed by atoms with Crippen molar-refractivity contribution in [2.75, 3.05) is 65.5 Å². The van der Waals surface area contributed by atoms with Gasteiger partial charge in [-0.25, -0.2) is 4.98 Å². The zero-order chi connectivity index (χ0) is 18.6. The number of hydrogen-bond acceptors (Lipinski definition) is 6. The molecule has 2 fully saturated rings. The lowest BCUT2D eigenvalue weighted by molar-refractivity contribution is -0.000665. The fourth-order valence-corrected chi connectivity index (χ4v) is 3.65. The van der Waals surface area contributed by atoms with E-state index in [0.717, 1.165) is 32.6 Å². The molecule has 7 nitrogen and oxygen atoms in total. The minimum absolute atomic E-state index is 0.0194. The molecule has 0 atom stereocenters. The molecule has 144 valence electrons. The molecule has 0 bridgehead atoms. The van der Waals surface area contributed by atoms with Crippen LogP contribution in [-0.2, 0) is 9.47 Å². The number of carbonyl (C=O) groups excluding carboxylic acids is 1. The van der Waals surface area contributed by atoms with Crippen molar-refractivity contribution in [2.24, 2.45) is 0 Å². The van der Waals surface area contributed by atoms with Crippen LogP contribution in [0.25, 0.3) is 0 Å². The molecule has 1 aromatic rings. The first-order chi connectivity index (χ1) is 12.5. The third-order valence-electron chi connectivity index (χ3n) is 5.34. The molecule has 2 saturated heterocycles. The Kier molecular flexibility index (Phi) is 6.34. The van der Waals surface area contributed by atoms with Crippen LogP contribution in [0.1, 0.15) is 23.2 Å². The first kappa shape index (κ1) is 19.4. The number of nitrogens with zero attached hydrogens (tertiary/aromatic N) is 3. The van der Waals surface area contributed by atoms with E-state index in [0.29, 0.717) is 42.7 Å². The normalized spacial score (nSPS) is 20.2. The van der Waals surface area contributed by atoms with Crippen LogP contribution in [0.15, 0.2) is 12.3 Å². The van der Waals surface area contributed by atoms with Crippen LogP contribution in [0.3, 0.4) is 0 Å². The molecular formula is C18H27ClN4O3. The van der Waals surface area contributed by atoms with Gasteiger partial charge in [-0.1, -0.05) is 11.6 Å². The molecule has 0 saturated carbocycles. The van der Waals surface area contributed by atoms with E-state index in [1.807, 2.05) is 0 Å². The standard InChI is InChI=1S/C18H27ClN4O3/c1-22(2)18(3-7-25-8-4-18)13-21-16-15(19)11-14(12-20-16)17(24)23-5-9-26-10-6-23/h11-12H,3-10,13H2,1-2H3,(H,20,21). The molecule has 3 rings (SSSR count). The van der Waals surface area contributed by atoms with Gasteiger partial charge in [0.2, 0.25) is 0 Å². The summed E-state index contributed by atoms with van der Waals surface area (Å²) in [6.07, 6.45) is 3.51. The highest BCUT2D eigenvalue weighted by atomic mass is 35.5. The van der Waals surface area contributed by atoms with E-state index in [1.165, 1.54) is 0 Å². The fourth-order valence-electron chi connectivity index (χ4n) is 3.42. The van der Waals surface area contributed by atoms with Gasteiger partial charge in [0, 0.05) is 44.6 Å². The molecule has 2 aliphatic heterocycles. The third-order valence-corrected chi connectivity index (χ3v) is 5.63. The Hall–Kier alpha value is -1.41. The summed E-state index contributed by atoms with van der Waals surface area (Å²) in [5.74, 6) is 0.557. The van der Waals surface area contributed by atoms with Gasteiger partial charge in [0.25, 0.3) is 5.91 Å². The van der Waals surface area contributed by atoms with E-state index in [4.69, 9.17) is 21.1 Å². The molecule has 0 spiro atoms. The van der Waals surface area contributed by atoms with Gasteiger partial charge in [-0.3, -0.25) is 4.79 Å². The Morgan fingerprint density at radius 2 is 1.92 bits per heavy atom. The summed E-state index contributed by atoms with van der Waals surface area (Å²) in [5.41, 5.74) is 0.529. The summed E-state index contributed by atoms with van der Waals surface area (Å²) in [7, 11) is 4.18. The van der Waals surface area contributed by atoms with Crippen LogP contribution in [0.5, 0.6) is 0 Å². The van der Waals surface area contributed by atoms with Gasteiger partial charge >= 0.3 is 0 Å². The van der Waals surface area contributed by atoms with Gasteiger partial charge in [-0.05, 0) is 33.0 Å². The highest BCUT2D eigenvalue weighted by molar-refractivity contribution is 6.33. The molecule has 2 aliphatic rings. The fraction of sp³-hybridized carbons (Fsp3) is 0.667. The summed E-state index contributed by atoms with van der Waals surface area (Å²) in [4.78, 5) is 21.0. The van der Waals surface area contributed by atoms with Crippen molar-refractivity contribution in [3.05, 3.63) is 22.8 Å². The molecule has 3 heterocycles. The van der Waals surface area contributed by atoms with Crippen LogP contribution in [0.4, 0.5) is 5.82 Å². The average Bonchev–Trinajstić information content (AvgIpc) is 2.67. The summed E-state index contributed by atoms with van der Waals surface area (Å²) in [5, 5.41) is 3.83. The smallest absolute Gasteiger partial charge is 0.255 e. The lowest BCUT2D eigenvalue weighted by atomic mass is 9.88. The van der Waals surface area contributed by atoms with Crippen molar-refractivity contribution < 1.29 is 14.3 Å². The number of pyridine rings is 1. The Morgan fingerprint density at radius 3 is 2.54 bits per heavy atom. The van der Waals surface area contributed by atoms with Crippen LogP contribution < -0.4 is 5.32 Å². The van der Waals surface area contributed by atoms with Gasteiger partial charge < -0.3 is 24.6 Å². The highest BCUT2D eigenvalue weighted by Gasteiger charge is 2.34. The van der Waals surface area contributed by atoms with E-state index >= 15 is 0 Å². The van der Waals surface area contributed by atoms with Crippen molar-refractivity contribution in [1.29, 1.82) is 0 Å². The summed E-state index contributed by atoms with van der Waals surface area (Å²) >= 11 is 6.40. The second kappa shape index (κ2) is 8.52. The largest absolute Gasteiger partial charge is 0.381 e. The van der Waals surface area contributed by atoms with Crippen molar-refractivity contribution in [2.45, 2.75) is 18.4 Å². The van der Waals surface area contributed by atoms with E-state index < -0.39 is 0 Å². The second-order valence-electron chi connectivity index (χ2n) is 7.04. The maximum Gasteiger partial charge on any atom is 0.255 e.